The van der Waals surface area contributed by atoms with Gasteiger partial charge in [0.2, 0.25) is 0 Å². The number of hydrogen-bond donors (Lipinski definition) is 2. The molecule has 2 amide bonds. The molecule has 2 aromatic rings. The predicted octanol–water partition coefficient (Wildman–Crippen LogP) is 4.48. The van der Waals surface area contributed by atoms with Gasteiger partial charge in [0.25, 0.3) is 0 Å². The summed E-state index contributed by atoms with van der Waals surface area (Å²) < 4.78 is 0. The lowest BCUT2D eigenvalue weighted by molar-refractivity contribution is 0.248. The molecule has 0 aromatic heterocycles. The van der Waals surface area contributed by atoms with Crippen molar-refractivity contribution in [3.05, 3.63) is 65.2 Å². The molecule has 0 aliphatic heterocycles. The summed E-state index contributed by atoms with van der Waals surface area (Å²) in [6.45, 7) is 2.00. The van der Waals surface area contributed by atoms with E-state index in [0.717, 1.165) is 12.8 Å². The molecule has 3 nitrogen and oxygen atoms in total. The van der Waals surface area contributed by atoms with Crippen molar-refractivity contribution in [3.63, 3.8) is 0 Å². The van der Waals surface area contributed by atoms with Crippen LogP contribution in [-0.4, -0.2) is 12.1 Å². The van der Waals surface area contributed by atoms with Gasteiger partial charge in [-0.3, -0.25) is 0 Å². The molecular formula is C17H19ClN2O. The van der Waals surface area contributed by atoms with E-state index in [-0.39, 0.29) is 12.1 Å². The first kappa shape index (κ1) is 15.4. The number of rotatable bonds is 5. The van der Waals surface area contributed by atoms with E-state index < -0.39 is 0 Å². The minimum Gasteiger partial charge on any atom is -0.335 e. The third-order valence-corrected chi connectivity index (χ3v) is 3.40. The Morgan fingerprint density at radius 1 is 1.14 bits per heavy atom. The van der Waals surface area contributed by atoms with Gasteiger partial charge < -0.3 is 10.6 Å². The summed E-state index contributed by atoms with van der Waals surface area (Å²) >= 11 is 5.88. The Labute approximate surface area is 130 Å². The molecule has 2 aromatic carbocycles. The monoisotopic (exact) mass is 302 g/mol. The zero-order chi connectivity index (χ0) is 15.1. The maximum Gasteiger partial charge on any atom is 0.319 e. The highest BCUT2D eigenvalue weighted by Gasteiger charge is 2.07. The Morgan fingerprint density at radius 2 is 1.90 bits per heavy atom. The van der Waals surface area contributed by atoms with Gasteiger partial charge in [-0.1, -0.05) is 48.0 Å². The van der Waals surface area contributed by atoms with Gasteiger partial charge in [-0.2, -0.15) is 0 Å². The molecule has 0 heterocycles. The number of hydrogen-bond acceptors (Lipinski definition) is 1. The van der Waals surface area contributed by atoms with E-state index in [2.05, 4.69) is 22.8 Å². The highest BCUT2D eigenvalue weighted by Crippen LogP contribution is 2.14. The summed E-state index contributed by atoms with van der Waals surface area (Å²) in [6, 6.07) is 17.2. The van der Waals surface area contributed by atoms with Crippen molar-refractivity contribution < 1.29 is 4.79 Å². The van der Waals surface area contributed by atoms with Crippen molar-refractivity contribution in [2.75, 3.05) is 5.32 Å². The smallest absolute Gasteiger partial charge is 0.319 e. The van der Waals surface area contributed by atoms with Crippen LogP contribution < -0.4 is 10.6 Å². The van der Waals surface area contributed by atoms with Crippen molar-refractivity contribution in [3.8, 4) is 0 Å². The highest BCUT2D eigenvalue weighted by atomic mass is 35.5. The molecule has 2 rings (SSSR count). The maximum atomic E-state index is 11.9. The lowest BCUT2D eigenvalue weighted by atomic mass is 10.1. The predicted molar refractivity (Wildman–Crippen MR) is 87.8 cm³/mol. The van der Waals surface area contributed by atoms with Crippen LogP contribution in [0.15, 0.2) is 54.6 Å². The highest BCUT2D eigenvalue weighted by molar-refractivity contribution is 6.30. The van der Waals surface area contributed by atoms with Crippen molar-refractivity contribution in [1.82, 2.24) is 5.32 Å². The van der Waals surface area contributed by atoms with Gasteiger partial charge in [0.1, 0.15) is 0 Å². The van der Waals surface area contributed by atoms with Gasteiger partial charge in [0.15, 0.2) is 0 Å². The maximum absolute atomic E-state index is 11.9. The molecule has 2 N–H and O–H groups in total. The van der Waals surface area contributed by atoms with Crippen LogP contribution in [0.4, 0.5) is 10.5 Å². The molecule has 0 fully saturated rings. The second-order valence-corrected chi connectivity index (χ2v) is 5.47. The van der Waals surface area contributed by atoms with E-state index in [1.165, 1.54) is 5.56 Å². The third-order valence-electron chi connectivity index (χ3n) is 3.17. The molecule has 0 radical (unpaired) electrons. The standard InChI is InChI=1S/C17H19ClN2O/c1-13(10-11-14-6-3-2-4-7-14)19-17(21)20-16-9-5-8-15(18)12-16/h2-9,12-13H,10-11H2,1H3,(H2,19,20,21)/t13-/m0/s1. The fourth-order valence-corrected chi connectivity index (χ4v) is 2.25. The van der Waals surface area contributed by atoms with Crippen molar-refractivity contribution in [2.45, 2.75) is 25.8 Å². The number of carbonyl (C=O) groups is 1. The first-order valence-corrected chi connectivity index (χ1v) is 7.38. The topological polar surface area (TPSA) is 41.1 Å². The van der Waals surface area contributed by atoms with Crippen molar-refractivity contribution >= 4 is 23.3 Å². The number of amides is 2. The number of carbonyl (C=O) groups excluding carboxylic acids is 1. The summed E-state index contributed by atoms with van der Waals surface area (Å²) in [4.78, 5) is 11.9. The molecule has 0 bridgehead atoms. The van der Waals surface area contributed by atoms with E-state index in [9.17, 15) is 4.79 Å². The molecule has 0 aliphatic rings. The Morgan fingerprint density at radius 3 is 2.62 bits per heavy atom. The molecule has 110 valence electrons. The molecule has 0 unspecified atom stereocenters. The fourth-order valence-electron chi connectivity index (χ4n) is 2.06. The van der Waals surface area contributed by atoms with Crippen LogP contribution in [0.2, 0.25) is 5.02 Å². The van der Waals surface area contributed by atoms with Gasteiger partial charge in [0.05, 0.1) is 0 Å². The molecule has 4 heteroatoms. The average Bonchev–Trinajstić information content (AvgIpc) is 2.46. The SMILES string of the molecule is C[C@@H](CCc1ccccc1)NC(=O)Nc1cccc(Cl)c1. The number of aryl methyl sites for hydroxylation is 1. The van der Waals surface area contributed by atoms with Crippen LogP contribution >= 0.6 is 11.6 Å². The molecule has 1 atom stereocenters. The van der Waals surface area contributed by atoms with Gasteiger partial charge in [-0.05, 0) is 43.5 Å². The molecule has 0 spiro atoms. The van der Waals surface area contributed by atoms with Gasteiger partial charge in [-0.15, -0.1) is 0 Å². The first-order chi connectivity index (χ1) is 10.1. The first-order valence-electron chi connectivity index (χ1n) is 7.00. The van der Waals surface area contributed by atoms with Gasteiger partial charge >= 0.3 is 6.03 Å². The summed E-state index contributed by atoms with van der Waals surface area (Å²) in [7, 11) is 0. The Hall–Kier alpha value is -2.00. The second-order valence-electron chi connectivity index (χ2n) is 5.03. The Balaban J connectivity index is 1.77. The number of halogens is 1. The Bertz CT molecular complexity index is 586. The molecule has 0 aliphatic carbocycles. The number of anilines is 1. The van der Waals surface area contributed by atoms with E-state index in [0.29, 0.717) is 10.7 Å². The average molecular weight is 303 g/mol. The van der Waals surface area contributed by atoms with Crippen LogP contribution in [0.25, 0.3) is 0 Å². The van der Waals surface area contributed by atoms with Crippen LogP contribution in [0, 0.1) is 0 Å². The summed E-state index contributed by atoms with van der Waals surface area (Å²) in [5.74, 6) is 0. The third kappa shape index (κ3) is 5.48. The van der Waals surface area contributed by atoms with Gasteiger partial charge in [-0.25, -0.2) is 4.79 Å². The largest absolute Gasteiger partial charge is 0.335 e. The number of nitrogens with one attached hydrogen (secondary N) is 2. The van der Waals surface area contributed by atoms with Crippen LogP contribution in [0.1, 0.15) is 18.9 Å². The van der Waals surface area contributed by atoms with Crippen LogP contribution in [0.5, 0.6) is 0 Å². The molecular weight excluding hydrogens is 284 g/mol. The second kappa shape index (κ2) is 7.70. The van der Waals surface area contributed by atoms with Crippen LogP contribution in [0.3, 0.4) is 0 Å². The minimum absolute atomic E-state index is 0.101. The minimum atomic E-state index is -0.210. The van der Waals surface area contributed by atoms with Crippen molar-refractivity contribution in [2.24, 2.45) is 0 Å². The van der Waals surface area contributed by atoms with Gasteiger partial charge in [0, 0.05) is 16.8 Å². The zero-order valence-corrected chi connectivity index (χ0v) is 12.7. The molecule has 0 saturated carbocycles. The lowest BCUT2D eigenvalue weighted by Crippen LogP contribution is -2.36. The summed E-state index contributed by atoms with van der Waals surface area (Å²) in [6.07, 6.45) is 1.84. The quantitative estimate of drug-likeness (QED) is 0.840. The van der Waals surface area contributed by atoms with Crippen molar-refractivity contribution in [1.29, 1.82) is 0 Å². The van der Waals surface area contributed by atoms with E-state index in [4.69, 9.17) is 11.6 Å². The number of benzene rings is 2. The van der Waals surface area contributed by atoms with E-state index in [1.807, 2.05) is 25.1 Å². The zero-order valence-electron chi connectivity index (χ0n) is 12.0. The van der Waals surface area contributed by atoms with E-state index in [1.54, 1.807) is 24.3 Å². The van der Waals surface area contributed by atoms with Crippen LogP contribution in [-0.2, 0) is 6.42 Å². The molecule has 0 saturated heterocycles. The Kier molecular flexibility index (Phi) is 5.64. The normalized spacial score (nSPS) is 11.7. The number of urea groups is 1. The molecule has 21 heavy (non-hydrogen) atoms. The summed E-state index contributed by atoms with van der Waals surface area (Å²) in [5, 5.41) is 6.30. The van der Waals surface area contributed by atoms with E-state index >= 15 is 0 Å². The lowest BCUT2D eigenvalue weighted by Gasteiger charge is -2.14. The fraction of sp³-hybridized carbons (Fsp3) is 0.235. The summed E-state index contributed by atoms with van der Waals surface area (Å²) in [5.41, 5.74) is 1.97.